The average molecular weight is 263 g/mol. The van der Waals surface area contributed by atoms with Gasteiger partial charge in [-0.15, -0.1) is 11.3 Å². The Bertz CT molecular complexity index is 467. The van der Waals surface area contributed by atoms with Gasteiger partial charge in [0.15, 0.2) is 0 Å². The van der Waals surface area contributed by atoms with Gasteiger partial charge in [0, 0.05) is 5.38 Å². The van der Waals surface area contributed by atoms with E-state index in [0.717, 1.165) is 17.0 Å². The van der Waals surface area contributed by atoms with Crippen LogP contribution in [0.15, 0.2) is 35.2 Å². The largest absolute Gasteiger partial charge is 0.491 e. The number of hydrazine groups is 1. The highest BCUT2D eigenvalue weighted by Crippen LogP contribution is 2.23. The summed E-state index contributed by atoms with van der Waals surface area (Å²) in [6, 6.07) is 7.82. The first-order valence-electron chi connectivity index (χ1n) is 5.81. The summed E-state index contributed by atoms with van der Waals surface area (Å²) in [7, 11) is 0. The highest BCUT2D eigenvalue weighted by molar-refractivity contribution is 7.07. The van der Waals surface area contributed by atoms with Gasteiger partial charge in [0.2, 0.25) is 0 Å². The van der Waals surface area contributed by atoms with Gasteiger partial charge in [0.05, 0.1) is 23.4 Å². The summed E-state index contributed by atoms with van der Waals surface area (Å²) in [5, 5.41) is 1.99. The van der Waals surface area contributed by atoms with Crippen LogP contribution in [0.4, 0.5) is 0 Å². The van der Waals surface area contributed by atoms with Crippen molar-refractivity contribution in [1.29, 1.82) is 0 Å². The van der Waals surface area contributed by atoms with Crippen LogP contribution in [-0.4, -0.2) is 11.1 Å². The Morgan fingerprint density at radius 2 is 2.00 bits per heavy atom. The minimum atomic E-state index is -0.0793. The van der Waals surface area contributed by atoms with E-state index in [-0.39, 0.29) is 12.1 Å². The maximum Gasteiger partial charge on any atom is 0.119 e. The van der Waals surface area contributed by atoms with Crippen LogP contribution in [0.3, 0.4) is 0 Å². The van der Waals surface area contributed by atoms with Crippen LogP contribution in [0.25, 0.3) is 0 Å². The minimum absolute atomic E-state index is 0.0793. The molecule has 0 saturated heterocycles. The van der Waals surface area contributed by atoms with Gasteiger partial charge in [0.1, 0.15) is 5.75 Å². The fourth-order valence-corrected chi connectivity index (χ4v) is 2.31. The van der Waals surface area contributed by atoms with E-state index < -0.39 is 0 Å². The molecule has 2 rings (SSSR count). The number of aromatic nitrogens is 1. The molecule has 96 valence electrons. The number of nitrogens with one attached hydrogen (secondary N) is 1. The number of hydrogen-bond donors (Lipinski definition) is 2. The number of hydrogen-bond acceptors (Lipinski definition) is 5. The van der Waals surface area contributed by atoms with E-state index in [2.05, 4.69) is 10.4 Å². The fraction of sp³-hybridized carbons (Fsp3) is 0.308. The lowest BCUT2D eigenvalue weighted by atomic mass is 10.1. The molecule has 1 unspecified atom stereocenters. The summed E-state index contributed by atoms with van der Waals surface area (Å²) in [6.07, 6.45) is 0.179. The lowest BCUT2D eigenvalue weighted by Crippen LogP contribution is -2.29. The summed E-state index contributed by atoms with van der Waals surface area (Å²) in [6.45, 7) is 4.01. The zero-order valence-corrected chi connectivity index (χ0v) is 11.3. The summed E-state index contributed by atoms with van der Waals surface area (Å²) >= 11 is 1.56. The van der Waals surface area contributed by atoms with Gasteiger partial charge in [-0.2, -0.15) is 0 Å². The molecule has 0 aliphatic heterocycles. The molecular weight excluding hydrogens is 246 g/mol. The zero-order chi connectivity index (χ0) is 13.0. The van der Waals surface area contributed by atoms with Crippen molar-refractivity contribution in [2.45, 2.75) is 26.0 Å². The molecule has 0 bridgehead atoms. The molecule has 0 saturated carbocycles. The first-order valence-corrected chi connectivity index (χ1v) is 6.76. The zero-order valence-electron chi connectivity index (χ0n) is 10.5. The van der Waals surface area contributed by atoms with Crippen molar-refractivity contribution in [2.75, 3.05) is 0 Å². The van der Waals surface area contributed by atoms with Gasteiger partial charge < -0.3 is 4.74 Å². The van der Waals surface area contributed by atoms with Gasteiger partial charge >= 0.3 is 0 Å². The van der Waals surface area contributed by atoms with E-state index in [4.69, 9.17) is 10.6 Å². The molecule has 0 aliphatic carbocycles. The van der Waals surface area contributed by atoms with Crippen molar-refractivity contribution < 1.29 is 4.74 Å². The lowest BCUT2D eigenvalue weighted by molar-refractivity contribution is 0.242. The Morgan fingerprint density at radius 1 is 1.28 bits per heavy atom. The second kappa shape index (κ2) is 5.95. The maximum absolute atomic E-state index is 5.61. The predicted molar refractivity (Wildman–Crippen MR) is 73.5 cm³/mol. The fourth-order valence-electron chi connectivity index (χ4n) is 1.73. The van der Waals surface area contributed by atoms with E-state index in [1.807, 2.05) is 43.5 Å². The predicted octanol–water partition coefficient (Wildman–Crippen LogP) is 2.48. The van der Waals surface area contributed by atoms with Crippen LogP contribution >= 0.6 is 11.3 Å². The normalized spacial score (nSPS) is 12.7. The lowest BCUT2D eigenvalue weighted by Gasteiger charge is -2.15. The second-order valence-electron chi connectivity index (χ2n) is 4.25. The van der Waals surface area contributed by atoms with E-state index in [9.17, 15) is 0 Å². The van der Waals surface area contributed by atoms with Crippen molar-refractivity contribution in [3.8, 4) is 5.75 Å². The maximum atomic E-state index is 5.61. The van der Waals surface area contributed by atoms with Crippen LogP contribution in [0.1, 0.15) is 31.1 Å². The van der Waals surface area contributed by atoms with Crippen molar-refractivity contribution in [2.24, 2.45) is 5.84 Å². The molecule has 1 heterocycles. The quantitative estimate of drug-likeness (QED) is 0.642. The summed E-state index contributed by atoms with van der Waals surface area (Å²) in [5.74, 6) is 6.46. The Morgan fingerprint density at radius 3 is 2.50 bits per heavy atom. The summed E-state index contributed by atoms with van der Waals surface area (Å²) < 4.78 is 5.61. The molecule has 0 spiro atoms. The molecule has 0 radical (unpaired) electrons. The third kappa shape index (κ3) is 3.07. The SMILES string of the molecule is CC(C)Oc1ccc(C(NN)c2cscn2)cc1. The molecule has 0 amide bonds. The first-order chi connectivity index (χ1) is 8.70. The standard InChI is InChI=1S/C13H17N3OS/c1-9(2)17-11-5-3-10(4-6-11)13(16-14)12-7-18-8-15-12/h3-9,13,16H,14H2,1-2H3. The molecular formula is C13H17N3OS. The smallest absolute Gasteiger partial charge is 0.119 e. The van der Waals surface area contributed by atoms with E-state index in [1.165, 1.54) is 0 Å². The average Bonchev–Trinajstić information content (AvgIpc) is 2.85. The number of nitrogens with zero attached hydrogens (tertiary/aromatic N) is 1. The Kier molecular flexibility index (Phi) is 4.30. The molecule has 18 heavy (non-hydrogen) atoms. The highest BCUT2D eigenvalue weighted by Gasteiger charge is 2.14. The molecule has 3 N–H and O–H groups in total. The second-order valence-corrected chi connectivity index (χ2v) is 4.97. The van der Waals surface area contributed by atoms with Crippen LogP contribution in [0, 0.1) is 0 Å². The van der Waals surface area contributed by atoms with E-state index in [1.54, 1.807) is 16.8 Å². The molecule has 0 fully saturated rings. The van der Waals surface area contributed by atoms with Gasteiger partial charge in [0.25, 0.3) is 0 Å². The molecule has 5 heteroatoms. The molecule has 4 nitrogen and oxygen atoms in total. The number of thiazole rings is 1. The van der Waals surface area contributed by atoms with Crippen LogP contribution in [0.5, 0.6) is 5.75 Å². The number of benzene rings is 1. The molecule has 1 aromatic carbocycles. The van der Waals surface area contributed by atoms with Crippen molar-refractivity contribution in [3.63, 3.8) is 0 Å². The van der Waals surface area contributed by atoms with Crippen LogP contribution < -0.4 is 16.0 Å². The van der Waals surface area contributed by atoms with Gasteiger partial charge in [-0.3, -0.25) is 5.84 Å². The number of nitrogens with two attached hydrogens (primary N) is 1. The Balaban J connectivity index is 2.17. The van der Waals surface area contributed by atoms with E-state index in [0.29, 0.717) is 0 Å². The summed E-state index contributed by atoms with van der Waals surface area (Å²) in [5.41, 5.74) is 6.59. The molecule has 0 aliphatic rings. The highest BCUT2D eigenvalue weighted by atomic mass is 32.1. The van der Waals surface area contributed by atoms with Crippen molar-refractivity contribution in [1.82, 2.24) is 10.4 Å². The monoisotopic (exact) mass is 263 g/mol. The van der Waals surface area contributed by atoms with Crippen LogP contribution in [0.2, 0.25) is 0 Å². The first kappa shape index (κ1) is 13.0. The topological polar surface area (TPSA) is 60.2 Å². The Hall–Kier alpha value is -1.43. The summed E-state index contributed by atoms with van der Waals surface area (Å²) in [4.78, 5) is 4.28. The van der Waals surface area contributed by atoms with Gasteiger partial charge in [-0.1, -0.05) is 12.1 Å². The Labute approximate surface area is 111 Å². The minimum Gasteiger partial charge on any atom is -0.491 e. The van der Waals surface area contributed by atoms with E-state index >= 15 is 0 Å². The molecule has 1 aromatic heterocycles. The third-order valence-electron chi connectivity index (χ3n) is 2.50. The van der Waals surface area contributed by atoms with Crippen LogP contribution in [-0.2, 0) is 0 Å². The number of ether oxygens (including phenoxy) is 1. The van der Waals surface area contributed by atoms with Gasteiger partial charge in [-0.25, -0.2) is 10.4 Å². The molecule has 2 aromatic rings. The van der Waals surface area contributed by atoms with Crippen molar-refractivity contribution in [3.05, 3.63) is 46.4 Å². The molecule has 1 atom stereocenters. The number of rotatable bonds is 5. The van der Waals surface area contributed by atoms with Crippen molar-refractivity contribution >= 4 is 11.3 Å². The third-order valence-corrected chi connectivity index (χ3v) is 3.10. The van der Waals surface area contributed by atoms with Gasteiger partial charge in [-0.05, 0) is 31.5 Å².